The normalized spacial score (nSPS) is 10.7. The number of hydrogen-bond acceptors (Lipinski definition) is 8. The van der Waals surface area contributed by atoms with E-state index in [9.17, 15) is 0 Å². The molecule has 10 nitrogen and oxygen atoms in total. The summed E-state index contributed by atoms with van der Waals surface area (Å²) in [6, 6.07) is 1.96. The summed E-state index contributed by atoms with van der Waals surface area (Å²) in [7, 11) is 1.88. The number of rotatable bonds is 5. The van der Waals surface area contributed by atoms with Crippen LogP contribution < -0.4 is 11.1 Å². The van der Waals surface area contributed by atoms with Crippen molar-refractivity contribution >= 4 is 11.9 Å². The van der Waals surface area contributed by atoms with Crippen LogP contribution in [0.1, 0.15) is 5.69 Å². The molecule has 0 aliphatic rings. The van der Waals surface area contributed by atoms with E-state index in [-0.39, 0.29) is 5.95 Å². The summed E-state index contributed by atoms with van der Waals surface area (Å²) in [5.41, 5.74) is 6.66. The van der Waals surface area contributed by atoms with Gasteiger partial charge in [-0.3, -0.25) is 4.68 Å². The van der Waals surface area contributed by atoms with E-state index in [2.05, 4.69) is 35.5 Å². The first-order valence-corrected chi connectivity index (χ1v) is 6.29. The van der Waals surface area contributed by atoms with Crippen molar-refractivity contribution in [2.75, 3.05) is 17.6 Å². The fourth-order valence-corrected chi connectivity index (χ4v) is 1.77. The van der Waals surface area contributed by atoms with Gasteiger partial charge in [-0.2, -0.15) is 29.8 Å². The topological polar surface area (TPSA) is 125 Å². The maximum atomic E-state index is 5.67. The highest BCUT2D eigenvalue weighted by Crippen LogP contribution is 2.06. The molecule has 3 aromatic heterocycles. The van der Waals surface area contributed by atoms with Gasteiger partial charge < -0.3 is 11.1 Å². The van der Waals surface area contributed by atoms with Crippen molar-refractivity contribution in [1.29, 1.82) is 0 Å². The van der Waals surface area contributed by atoms with Crippen LogP contribution >= 0.6 is 0 Å². The minimum atomic E-state index is 0.121. The van der Waals surface area contributed by atoms with Crippen LogP contribution in [0.5, 0.6) is 0 Å². The van der Waals surface area contributed by atoms with Crippen LogP contribution in [0, 0.1) is 0 Å². The number of nitrogens with two attached hydrogens (primary N) is 1. The SMILES string of the molecule is Cn1ccc(CCNc2nc(N)nc(-n3cncn3)n2)n1. The molecule has 108 valence electrons. The summed E-state index contributed by atoms with van der Waals surface area (Å²) in [6.45, 7) is 0.636. The van der Waals surface area contributed by atoms with E-state index in [4.69, 9.17) is 5.73 Å². The second kappa shape index (κ2) is 5.53. The lowest BCUT2D eigenvalue weighted by Crippen LogP contribution is -2.13. The lowest BCUT2D eigenvalue weighted by atomic mass is 10.3. The maximum absolute atomic E-state index is 5.67. The first kappa shape index (κ1) is 13.0. The molecule has 21 heavy (non-hydrogen) atoms. The predicted molar refractivity (Wildman–Crippen MR) is 74.6 cm³/mol. The van der Waals surface area contributed by atoms with Crippen LogP contribution in [0.2, 0.25) is 0 Å². The van der Waals surface area contributed by atoms with E-state index in [0.717, 1.165) is 12.1 Å². The monoisotopic (exact) mass is 286 g/mol. The molecule has 0 unspecified atom stereocenters. The summed E-state index contributed by atoms with van der Waals surface area (Å²) >= 11 is 0. The van der Waals surface area contributed by atoms with Gasteiger partial charge in [-0.25, -0.2) is 4.98 Å². The number of nitrogens with zero attached hydrogens (tertiary/aromatic N) is 8. The molecule has 3 aromatic rings. The average molecular weight is 286 g/mol. The highest BCUT2D eigenvalue weighted by atomic mass is 15.4. The van der Waals surface area contributed by atoms with Gasteiger partial charge in [0, 0.05) is 26.2 Å². The van der Waals surface area contributed by atoms with Crippen molar-refractivity contribution in [3.8, 4) is 5.95 Å². The van der Waals surface area contributed by atoms with Crippen LogP contribution in [0.25, 0.3) is 5.95 Å². The number of nitrogens with one attached hydrogen (secondary N) is 1. The lowest BCUT2D eigenvalue weighted by molar-refractivity contribution is 0.741. The van der Waals surface area contributed by atoms with Crippen molar-refractivity contribution in [2.24, 2.45) is 7.05 Å². The van der Waals surface area contributed by atoms with Crippen molar-refractivity contribution in [3.05, 3.63) is 30.6 Å². The third-order valence-electron chi connectivity index (χ3n) is 2.70. The number of hydrogen-bond donors (Lipinski definition) is 2. The smallest absolute Gasteiger partial charge is 0.258 e. The molecule has 0 atom stereocenters. The van der Waals surface area contributed by atoms with Crippen molar-refractivity contribution in [3.63, 3.8) is 0 Å². The Morgan fingerprint density at radius 2 is 2.19 bits per heavy atom. The minimum Gasteiger partial charge on any atom is -0.368 e. The highest BCUT2D eigenvalue weighted by Gasteiger charge is 2.07. The van der Waals surface area contributed by atoms with Gasteiger partial charge in [0.05, 0.1) is 5.69 Å². The van der Waals surface area contributed by atoms with Gasteiger partial charge >= 0.3 is 0 Å². The average Bonchev–Trinajstić information content (AvgIpc) is 3.10. The molecular formula is C11H14N10. The third kappa shape index (κ3) is 3.11. The van der Waals surface area contributed by atoms with Crippen LogP contribution in [-0.2, 0) is 13.5 Å². The van der Waals surface area contributed by atoms with Gasteiger partial charge in [-0.15, -0.1) is 0 Å². The fraction of sp³-hybridized carbons (Fsp3) is 0.273. The highest BCUT2D eigenvalue weighted by molar-refractivity contribution is 5.34. The molecule has 0 aromatic carbocycles. The van der Waals surface area contributed by atoms with Crippen molar-refractivity contribution < 1.29 is 0 Å². The first-order valence-electron chi connectivity index (χ1n) is 6.29. The molecule has 0 aliphatic carbocycles. The largest absolute Gasteiger partial charge is 0.368 e. The molecule has 0 saturated heterocycles. The Hall–Kier alpha value is -3.04. The summed E-state index contributed by atoms with van der Waals surface area (Å²) in [4.78, 5) is 16.1. The Morgan fingerprint density at radius 3 is 2.90 bits per heavy atom. The Morgan fingerprint density at radius 1 is 1.29 bits per heavy atom. The van der Waals surface area contributed by atoms with Crippen molar-refractivity contribution in [1.82, 2.24) is 39.5 Å². The molecule has 0 spiro atoms. The quantitative estimate of drug-likeness (QED) is 0.638. The Bertz CT molecular complexity index is 716. The molecule has 3 rings (SSSR count). The van der Waals surface area contributed by atoms with Gasteiger partial charge in [0.15, 0.2) is 0 Å². The summed E-state index contributed by atoms with van der Waals surface area (Å²) in [5.74, 6) is 0.833. The number of anilines is 2. The van der Waals surface area contributed by atoms with E-state index in [1.807, 2.05) is 19.3 Å². The van der Waals surface area contributed by atoms with Crippen LogP contribution in [0.4, 0.5) is 11.9 Å². The second-order valence-electron chi connectivity index (χ2n) is 4.31. The second-order valence-corrected chi connectivity index (χ2v) is 4.31. The predicted octanol–water partition coefficient (Wildman–Crippen LogP) is -0.577. The zero-order valence-electron chi connectivity index (χ0n) is 11.4. The molecular weight excluding hydrogens is 272 g/mol. The maximum Gasteiger partial charge on any atom is 0.258 e. The minimum absolute atomic E-state index is 0.121. The van der Waals surface area contributed by atoms with Gasteiger partial charge in [0.25, 0.3) is 5.95 Å². The summed E-state index contributed by atoms with van der Waals surface area (Å²) < 4.78 is 3.18. The van der Waals surface area contributed by atoms with Gasteiger partial charge in [0.1, 0.15) is 12.7 Å². The molecule has 3 N–H and O–H groups in total. The molecule has 0 aliphatic heterocycles. The summed E-state index contributed by atoms with van der Waals surface area (Å²) in [6.07, 6.45) is 5.55. The van der Waals surface area contributed by atoms with Crippen LogP contribution in [0.15, 0.2) is 24.9 Å². The zero-order chi connectivity index (χ0) is 14.7. The van der Waals surface area contributed by atoms with Crippen LogP contribution in [-0.4, -0.2) is 46.0 Å². The van der Waals surface area contributed by atoms with Gasteiger partial charge in [-0.05, 0) is 6.07 Å². The first-order chi connectivity index (χ1) is 10.2. The van der Waals surface area contributed by atoms with Gasteiger partial charge in [-0.1, -0.05) is 0 Å². The number of nitrogen functional groups attached to an aromatic ring is 1. The summed E-state index contributed by atoms with van der Waals surface area (Å²) in [5, 5.41) is 11.3. The third-order valence-corrected chi connectivity index (χ3v) is 2.70. The molecule has 0 bridgehead atoms. The fourth-order valence-electron chi connectivity index (χ4n) is 1.77. The Labute approximate surface area is 120 Å². The molecule has 0 radical (unpaired) electrons. The Balaban J connectivity index is 1.68. The number of aryl methyl sites for hydroxylation is 1. The van der Waals surface area contributed by atoms with Gasteiger partial charge in [0.2, 0.25) is 11.9 Å². The van der Waals surface area contributed by atoms with Crippen LogP contribution in [0.3, 0.4) is 0 Å². The Kier molecular flexibility index (Phi) is 3.41. The number of aromatic nitrogens is 8. The van der Waals surface area contributed by atoms with E-state index in [0.29, 0.717) is 18.4 Å². The molecule has 3 heterocycles. The lowest BCUT2D eigenvalue weighted by Gasteiger charge is -2.06. The van der Waals surface area contributed by atoms with E-state index in [1.54, 1.807) is 4.68 Å². The molecule has 10 heteroatoms. The molecule has 0 saturated carbocycles. The van der Waals surface area contributed by atoms with E-state index in [1.165, 1.54) is 17.3 Å². The zero-order valence-corrected chi connectivity index (χ0v) is 11.4. The molecule has 0 fully saturated rings. The van der Waals surface area contributed by atoms with Crippen molar-refractivity contribution in [2.45, 2.75) is 6.42 Å². The van der Waals surface area contributed by atoms with E-state index < -0.39 is 0 Å². The molecule has 0 amide bonds. The standard InChI is InChI=1S/C11H14N10/c1-20-5-3-8(19-20)2-4-14-10-16-9(12)17-11(18-10)21-7-13-6-15-21/h3,5-7H,2,4H2,1H3,(H3,12,14,16,17,18). The van der Waals surface area contributed by atoms with E-state index >= 15 is 0 Å².